The fourth-order valence-corrected chi connectivity index (χ4v) is 1.87. The maximum Gasteiger partial charge on any atom is 0.326 e. The second kappa shape index (κ2) is 5.83. The van der Waals surface area contributed by atoms with Crippen LogP contribution in [0.15, 0.2) is 6.07 Å². The molecule has 0 aromatic carbocycles. The SMILES string of the molecule is Cc1cc(C)n2nc(C(=O)N[C@@H](CCO)C(=O)O)nc2n1. The number of carboxylic acids is 1. The number of aliphatic hydroxyl groups excluding tert-OH is 1. The monoisotopic (exact) mass is 293 g/mol. The van der Waals surface area contributed by atoms with Gasteiger partial charge in [-0.2, -0.15) is 4.98 Å². The number of aryl methyl sites for hydroxylation is 2. The van der Waals surface area contributed by atoms with Crippen molar-refractivity contribution < 1.29 is 19.8 Å². The Morgan fingerprint density at radius 1 is 1.38 bits per heavy atom. The lowest BCUT2D eigenvalue weighted by atomic mass is 10.2. The van der Waals surface area contributed by atoms with Gasteiger partial charge in [-0.15, -0.1) is 5.10 Å². The predicted molar refractivity (Wildman–Crippen MR) is 70.8 cm³/mol. The van der Waals surface area contributed by atoms with Gasteiger partial charge in [-0.25, -0.2) is 14.3 Å². The number of rotatable bonds is 5. The first-order valence-electron chi connectivity index (χ1n) is 6.28. The van der Waals surface area contributed by atoms with Gasteiger partial charge in [-0.1, -0.05) is 0 Å². The zero-order chi connectivity index (χ0) is 15.6. The molecule has 0 bridgehead atoms. The molecule has 0 saturated carbocycles. The summed E-state index contributed by atoms with van der Waals surface area (Å²) in [4.78, 5) is 31.0. The first kappa shape index (κ1) is 14.9. The maximum atomic E-state index is 12.0. The second-order valence-corrected chi connectivity index (χ2v) is 4.56. The molecule has 0 aliphatic heterocycles. The van der Waals surface area contributed by atoms with Gasteiger partial charge in [0, 0.05) is 24.4 Å². The molecule has 0 unspecified atom stereocenters. The molecule has 21 heavy (non-hydrogen) atoms. The van der Waals surface area contributed by atoms with Crippen molar-refractivity contribution in [3.8, 4) is 0 Å². The van der Waals surface area contributed by atoms with E-state index < -0.39 is 17.9 Å². The van der Waals surface area contributed by atoms with Gasteiger partial charge >= 0.3 is 5.97 Å². The summed E-state index contributed by atoms with van der Waals surface area (Å²) >= 11 is 0. The van der Waals surface area contributed by atoms with Gasteiger partial charge < -0.3 is 15.5 Å². The van der Waals surface area contributed by atoms with Gasteiger partial charge in [0.05, 0.1) is 0 Å². The van der Waals surface area contributed by atoms with Gasteiger partial charge in [-0.05, 0) is 19.9 Å². The third kappa shape index (κ3) is 3.14. The lowest BCUT2D eigenvalue weighted by Crippen LogP contribution is -2.41. The van der Waals surface area contributed by atoms with Crippen LogP contribution in [0.3, 0.4) is 0 Å². The predicted octanol–water partition coefficient (Wildman–Crippen LogP) is -0.693. The normalized spacial score (nSPS) is 12.3. The van der Waals surface area contributed by atoms with Crippen molar-refractivity contribution in [3.63, 3.8) is 0 Å². The van der Waals surface area contributed by atoms with Crippen LogP contribution in [-0.4, -0.2) is 54.3 Å². The Balaban J connectivity index is 2.27. The molecule has 0 radical (unpaired) electrons. The number of aromatic nitrogens is 4. The van der Waals surface area contributed by atoms with E-state index in [1.54, 1.807) is 19.9 Å². The molecular formula is C12H15N5O4. The Kier molecular flexibility index (Phi) is 4.13. The third-order valence-electron chi connectivity index (χ3n) is 2.84. The minimum atomic E-state index is -1.23. The molecule has 0 spiro atoms. The maximum absolute atomic E-state index is 12.0. The molecule has 2 heterocycles. The molecule has 9 heteroatoms. The van der Waals surface area contributed by atoms with E-state index >= 15 is 0 Å². The van der Waals surface area contributed by atoms with Crippen LogP contribution in [0.1, 0.15) is 28.4 Å². The van der Waals surface area contributed by atoms with E-state index in [0.717, 1.165) is 11.4 Å². The number of aliphatic carboxylic acids is 1. The molecule has 0 aliphatic carbocycles. The van der Waals surface area contributed by atoms with Gasteiger partial charge in [0.25, 0.3) is 11.7 Å². The number of hydrogen-bond donors (Lipinski definition) is 3. The van der Waals surface area contributed by atoms with Crippen molar-refractivity contribution in [1.82, 2.24) is 24.9 Å². The summed E-state index contributed by atoms with van der Waals surface area (Å²) in [6.07, 6.45) is -0.0924. The van der Waals surface area contributed by atoms with Crippen LogP contribution < -0.4 is 5.32 Å². The Labute approximate surface area is 119 Å². The van der Waals surface area contributed by atoms with Crippen molar-refractivity contribution in [2.45, 2.75) is 26.3 Å². The number of carbonyl (C=O) groups is 2. The summed E-state index contributed by atoms with van der Waals surface area (Å²) in [5.74, 6) is -1.85. The van der Waals surface area contributed by atoms with Crippen molar-refractivity contribution in [2.75, 3.05) is 6.61 Å². The number of aliphatic hydroxyl groups is 1. The molecule has 3 N–H and O–H groups in total. The molecule has 1 atom stereocenters. The standard InChI is InChI=1S/C12H15N5O4/c1-6-5-7(2)17-12(13-6)15-9(16-17)10(19)14-8(3-4-18)11(20)21/h5,8,18H,3-4H2,1-2H3,(H,14,19)(H,20,21)/t8-/m0/s1. The molecular weight excluding hydrogens is 278 g/mol. The lowest BCUT2D eigenvalue weighted by molar-refractivity contribution is -0.139. The summed E-state index contributed by atoms with van der Waals surface area (Å²) < 4.78 is 1.41. The van der Waals surface area contributed by atoms with Crippen LogP contribution in [0.25, 0.3) is 5.78 Å². The minimum absolute atomic E-state index is 0.0924. The molecule has 1 amide bonds. The number of hydrogen-bond acceptors (Lipinski definition) is 6. The highest BCUT2D eigenvalue weighted by atomic mass is 16.4. The topological polar surface area (TPSA) is 130 Å². The fraction of sp³-hybridized carbons (Fsp3) is 0.417. The Morgan fingerprint density at radius 2 is 2.10 bits per heavy atom. The van der Waals surface area contributed by atoms with Crippen molar-refractivity contribution in [2.24, 2.45) is 0 Å². The highest BCUT2D eigenvalue weighted by Gasteiger charge is 2.23. The van der Waals surface area contributed by atoms with E-state index in [0.29, 0.717) is 0 Å². The van der Waals surface area contributed by atoms with Crippen molar-refractivity contribution in [1.29, 1.82) is 0 Å². The van der Waals surface area contributed by atoms with E-state index in [1.807, 2.05) is 0 Å². The zero-order valence-electron chi connectivity index (χ0n) is 11.6. The van der Waals surface area contributed by atoms with E-state index in [2.05, 4.69) is 20.4 Å². The van der Waals surface area contributed by atoms with Crippen LogP contribution in [0.4, 0.5) is 0 Å². The number of amides is 1. The van der Waals surface area contributed by atoms with Crippen LogP contribution in [0, 0.1) is 13.8 Å². The van der Waals surface area contributed by atoms with Crippen LogP contribution in [0.5, 0.6) is 0 Å². The number of nitrogens with one attached hydrogen (secondary N) is 1. The van der Waals surface area contributed by atoms with E-state index in [9.17, 15) is 9.59 Å². The Hall–Kier alpha value is -2.55. The van der Waals surface area contributed by atoms with Crippen LogP contribution in [-0.2, 0) is 4.79 Å². The second-order valence-electron chi connectivity index (χ2n) is 4.56. The molecule has 9 nitrogen and oxygen atoms in total. The third-order valence-corrected chi connectivity index (χ3v) is 2.84. The largest absolute Gasteiger partial charge is 0.480 e. The molecule has 0 saturated heterocycles. The molecule has 112 valence electrons. The molecule has 0 aliphatic rings. The Morgan fingerprint density at radius 3 is 2.71 bits per heavy atom. The van der Waals surface area contributed by atoms with Crippen molar-refractivity contribution in [3.05, 3.63) is 23.3 Å². The molecule has 0 fully saturated rings. The average Bonchev–Trinajstić information content (AvgIpc) is 2.82. The van der Waals surface area contributed by atoms with Gasteiger partial charge in [0.15, 0.2) is 0 Å². The number of carbonyl (C=O) groups excluding carboxylic acids is 1. The van der Waals surface area contributed by atoms with Crippen LogP contribution in [0.2, 0.25) is 0 Å². The summed E-state index contributed by atoms with van der Waals surface area (Å²) in [5.41, 5.74) is 1.50. The van der Waals surface area contributed by atoms with E-state index in [4.69, 9.17) is 10.2 Å². The average molecular weight is 293 g/mol. The molecule has 2 aromatic rings. The summed E-state index contributed by atoms with van der Waals surface area (Å²) in [7, 11) is 0. The lowest BCUT2D eigenvalue weighted by Gasteiger charge is -2.11. The van der Waals surface area contributed by atoms with Crippen molar-refractivity contribution >= 4 is 17.7 Å². The molecule has 2 aromatic heterocycles. The van der Waals surface area contributed by atoms with Crippen LogP contribution >= 0.6 is 0 Å². The first-order chi connectivity index (χ1) is 9.92. The smallest absolute Gasteiger partial charge is 0.326 e. The first-order valence-corrected chi connectivity index (χ1v) is 6.28. The van der Waals surface area contributed by atoms with E-state index in [-0.39, 0.29) is 24.6 Å². The number of fused-ring (bicyclic) bond motifs is 1. The van der Waals surface area contributed by atoms with Gasteiger partial charge in [0.1, 0.15) is 6.04 Å². The number of carboxylic acid groups (broad SMARTS) is 1. The minimum Gasteiger partial charge on any atom is -0.480 e. The summed E-state index contributed by atoms with van der Waals surface area (Å²) in [5, 5.41) is 24.0. The number of nitrogens with zero attached hydrogens (tertiary/aromatic N) is 4. The summed E-state index contributed by atoms with van der Waals surface area (Å²) in [6.45, 7) is 3.24. The fourth-order valence-electron chi connectivity index (χ4n) is 1.87. The highest BCUT2D eigenvalue weighted by molar-refractivity contribution is 5.93. The zero-order valence-corrected chi connectivity index (χ0v) is 11.6. The van der Waals surface area contributed by atoms with E-state index in [1.165, 1.54) is 4.52 Å². The molecule has 2 rings (SSSR count). The Bertz CT molecular complexity index is 696. The van der Waals surface area contributed by atoms with Gasteiger partial charge in [-0.3, -0.25) is 4.79 Å². The van der Waals surface area contributed by atoms with Gasteiger partial charge in [0.2, 0.25) is 5.82 Å². The quantitative estimate of drug-likeness (QED) is 0.665. The summed E-state index contributed by atoms with van der Waals surface area (Å²) in [6, 6.07) is 0.597. The highest BCUT2D eigenvalue weighted by Crippen LogP contribution is 2.05.